The van der Waals surface area contributed by atoms with Gasteiger partial charge in [0.05, 0.1) is 12.8 Å². The average Bonchev–Trinajstić information content (AvgIpc) is 2.60. The van der Waals surface area contributed by atoms with E-state index in [0.717, 1.165) is 15.7 Å². The van der Waals surface area contributed by atoms with Crippen molar-refractivity contribution in [2.45, 2.75) is 6.92 Å². The zero-order valence-corrected chi connectivity index (χ0v) is 10.5. The summed E-state index contributed by atoms with van der Waals surface area (Å²) >= 11 is 3.40. The SMILES string of the molecule is COc1nc(N)n(-c2ccc(Br)cc2C)n1. The van der Waals surface area contributed by atoms with Crippen LogP contribution in [0.15, 0.2) is 22.7 Å². The van der Waals surface area contributed by atoms with Crippen molar-refractivity contribution < 1.29 is 4.74 Å². The van der Waals surface area contributed by atoms with Gasteiger partial charge in [0.25, 0.3) is 0 Å². The Morgan fingerprint density at radius 1 is 1.44 bits per heavy atom. The van der Waals surface area contributed by atoms with Crippen molar-refractivity contribution in [3.63, 3.8) is 0 Å². The molecule has 0 aliphatic rings. The second kappa shape index (κ2) is 4.13. The molecule has 0 bridgehead atoms. The summed E-state index contributed by atoms with van der Waals surface area (Å²) in [4.78, 5) is 3.96. The van der Waals surface area contributed by atoms with E-state index in [0.29, 0.717) is 5.95 Å². The lowest BCUT2D eigenvalue weighted by Crippen LogP contribution is -2.04. The van der Waals surface area contributed by atoms with Gasteiger partial charge in [-0.15, -0.1) is 5.10 Å². The number of aryl methyl sites for hydroxylation is 1. The van der Waals surface area contributed by atoms with Crippen LogP contribution in [-0.4, -0.2) is 21.9 Å². The van der Waals surface area contributed by atoms with Crippen LogP contribution < -0.4 is 10.5 Å². The van der Waals surface area contributed by atoms with Gasteiger partial charge in [-0.05, 0) is 30.7 Å². The van der Waals surface area contributed by atoms with E-state index in [4.69, 9.17) is 10.5 Å². The van der Waals surface area contributed by atoms with Gasteiger partial charge in [-0.3, -0.25) is 0 Å². The molecular weight excluding hydrogens is 272 g/mol. The van der Waals surface area contributed by atoms with Crippen LogP contribution in [0.4, 0.5) is 5.95 Å². The molecule has 0 atom stereocenters. The molecular formula is C10H11BrN4O. The summed E-state index contributed by atoms with van der Waals surface area (Å²) in [6.45, 7) is 1.98. The molecule has 0 radical (unpaired) electrons. The molecule has 16 heavy (non-hydrogen) atoms. The maximum atomic E-state index is 5.75. The van der Waals surface area contributed by atoms with Crippen molar-refractivity contribution in [2.24, 2.45) is 0 Å². The molecule has 0 aliphatic heterocycles. The quantitative estimate of drug-likeness (QED) is 0.914. The molecule has 1 aromatic carbocycles. The number of ether oxygens (including phenoxy) is 1. The molecule has 0 spiro atoms. The summed E-state index contributed by atoms with van der Waals surface area (Å²) in [5.41, 5.74) is 7.69. The number of nitrogen functional groups attached to an aromatic ring is 1. The fraction of sp³-hybridized carbons (Fsp3) is 0.200. The topological polar surface area (TPSA) is 66.0 Å². The van der Waals surface area contributed by atoms with Crippen LogP contribution in [0.2, 0.25) is 0 Å². The van der Waals surface area contributed by atoms with Crippen molar-refractivity contribution >= 4 is 21.9 Å². The Hall–Kier alpha value is -1.56. The number of aromatic nitrogens is 3. The predicted molar refractivity (Wildman–Crippen MR) is 64.8 cm³/mol. The first-order valence-corrected chi connectivity index (χ1v) is 5.44. The third kappa shape index (κ3) is 1.88. The Kier molecular flexibility index (Phi) is 2.82. The van der Waals surface area contributed by atoms with Crippen LogP contribution in [0.3, 0.4) is 0 Å². The molecule has 84 valence electrons. The summed E-state index contributed by atoms with van der Waals surface area (Å²) in [7, 11) is 1.51. The summed E-state index contributed by atoms with van der Waals surface area (Å²) < 4.78 is 7.50. The van der Waals surface area contributed by atoms with Crippen LogP contribution in [0.25, 0.3) is 5.69 Å². The van der Waals surface area contributed by atoms with Crippen molar-refractivity contribution in [1.29, 1.82) is 0 Å². The highest BCUT2D eigenvalue weighted by atomic mass is 79.9. The molecule has 0 saturated carbocycles. The Labute approximate surface area is 101 Å². The number of nitrogens with zero attached hydrogens (tertiary/aromatic N) is 3. The molecule has 0 unspecified atom stereocenters. The number of halogens is 1. The maximum absolute atomic E-state index is 5.75. The lowest BCUT2D eigenvalue weighted by Gasteiger charge is -2.06. The highest BCUT2D eigenvalue weighted by molar-refractivity contribution is 9.10. The lowest BCUT2D eigenvalue weighted by atomic mass is 10.2. The highest BCUT2D eigenvalue weighted by Crippen LogP contribution is 2.21. The Balaban J connectivity index is 2.53. The van der Waals surface area contributed by atoms with Gasteiger partial charge in [0.1, 0.15) is 0 Å². The average molecular weight is 283 g/mol. The van der Waals surface area contributed by atoms with Crippen molar-refractivity contribution in [2.75, 3.05) is 12.8 Å². The van der Waals surface area contributed by atoms with Crippen molar-refractivity contribution in [1.82, 2.24) is 14.8 Å². The molecule has 5 nitrogen and oxygen atoms in total. The van der Waals surface area contributed by atoms with Crippen LogP contribution in [-0.2, 0) is 0 Å². The summed E-state index contributed by atoms with van der Waals surface area (Å²) in [5.74, 6) is 0.308. The standard InChI is InChI=1S/C10H11BrN4O/c1-6-5-7(11)3-4-8(6)15-9(12)13-10(14-15)16-2/h3-5H,1-2H3,(H2,12,13,14). The van der Waals surface area contributed by atoms with Crippen molar-refractivity contribution in [3.8, 4) is 11.7 Å². The van der Waals surface area contributed by atoms with Crippen LogP contribution in [0, 0.1) is 6.92 Å². The van der Waals surface area contributed by atoms with Gasteiger partial charge >= 0.3 is 6.01 Å². The van der Waals surface area contributed by atoms with E-state index in [1.54, 1.807) is 4.68 Å². The summed E-state index contributed by atoms with van der Waals surface area (Å²) in [5, 5.41) is 4.13. The Bertz CT molecular complexity index is 524. The molecule has 2 rings (SSSR count). The molecule has 0 aliphatic carbocycles. The first-order valence-electron chi connectivity index (χ1n) is 4.65. The number of methoxy groups -OCH3 is 1. The second-order valence-electron chi connectivity index (χ2n) is 3.30. The van der Waals surface area contributed by atoms with Gasteiger partial charge in [0.2, 0.25) is 5.95 Å². The molecule has 1 heterocycles. The molecule has 2 aromatic rings. The first-order chi connectivity index (χ1) is 7.61. The fourth-order valence-corrected chi connectivity index (χ4v) is 1.90. The highest BCUT2D eigenvalue weighted by Gasteiger charge is 2.10. The number of hydrogen-bond acceptors (Lipinski definition) is 4. The van der Waals surface area contributed by atoms with Gasteiger partial charge in [-0.2, -0.15) is 9.67 Å². The van der Waals surface area contributed by atoms with Crippen molar-refractivity contribution in [3.05, 3.63) is 28.2 Å². The molecule has 0 saturated heterocycles. The van der Waals surface area contributed by atoms with E-state index >= 15 is 0 Å². The minimum Gasteiger partial charge on any atom is -0.466 e. The Morgan fingerprint density at radius 3 is 2.75 bits per heavy atom. The molecule has 2 N–H and O–H groups in total. The van der Waals surface area contributed by atoms with E-state index in [9.17, 15) is 0 Å². The third-order valence-electron chi connectivity index (χ3n) is 2.18. The minimum atomic E-state index is 0.264. The first kappa shape index (κ1) is 10.9. The van der Waals surface area contributed by atoms with E-state index in [-0.39, 0.29) is 6.01 Å². The summed E-state index contributed by atoms with van der Waals surface area (Å²) in [6, 6.07) is 6.10. The lowest BCUT2D eigenvalue weighted by molar-refractivity contribution is 0.380. The van der Waals surface area contributed by atoms with E-state index in [1.165, 1.54) is 7.11 Å². The van der Waals surface area contributed by atoms with Gasteiger partial charge in [-0.1, -0.05) is 15.9 Å². The zero-order chi connectivity index (χ0) is 11.7. The predicted octanol–water partition coefficient (Wildman–Crippen LogP) is 1.93. The number of rotatable bonds is 2. The smallest absolute Gasteiger partial charge is 0.337 e. The molecule has 0 fully saturated rings. The number of benzene rings is 1. The Morgan fingerprint density at radius 2 is 2.19 bits per heavy atom. The van der Waals surface area contributed by atoms with Gasteiger partial charge in [0, 0.05) is 4.47 Å². The van der Waals surface area contributed by atoms with E-state index in [1.807, 2.05) is 25.1 Å². The van der Waals surface area contributed by atoms with Crippen LogP contribution in [0.1, 0.15) is 5.56 Å². The van der Waals surface area contributed by atoms with E-state index in [2.05, 4.69) is 26.0 Å². The third-order valence-corrected chi connectivity index (χ3v) is 2.68. The monoisotopic (exact) mass is 282 g/mol. The second-order valence-corrected chi connectivity index (χ2v) is 4.21. The zero-order valence-electron chi connectivity index (χ0n) is 8.94. The molecule has 0 amide bonds. The van der Waals surface area contributed by atoms with Gasteiger partial charge in [0.15, 0.2) is 0 Å². The molecule has 6 heteroatoms. The number of hydrogen-bond donors (Lipinski definition) is 1. The van der Waals surface area contributed by atoms with Gasteiger partial charge in [-0.25, -0.2) is 0 Å². The van der Waals surface area contributed by atoms with Gasteiger partial charge < -0.3 is 10.5 Å². The normalized spacial score (nSPS) is 10.4. The van der Waals surface area contributed by atoms with Crippen LogP contribution >= 0.6 is 15.9 Å². The molecule has 1 aromatic heterocycles. The van der Waals surface area contributed by atoms with Crippen LogP contribution in [0.5, 0.6) is 6.01 Å². The minimum absolute atomic E-state index is 0.264. The number of anilines is 1. The fourth-order valence-electron chi connectivity index (χ4n) is 1.42. The summed E-state index contributed by atoms with van der Waals surface area (Å²) in [6.07, 6.45) is 0. The largest absolute Gasteiger partial charge is 0.466 e. The maximum Gasteiger partial charge on any atom is 0.337 e. The number of nitrogens with two attached hydrogens (primary N) is 1. The van der Waals surface area contributed by atoms with E-state index < -0.39 is 0 Å².